The number of carbonyl (C=O) groups is 1. The van der Waals surface area contributed by atoms with Crippen LogP contribution >= 0.6 is 0 Å². The largest absolute Gasteiger partial charge is 0.458 e. The molecule has 0 unspecified atom stereocenters. The van der Waals surface area contributed by atoms with Crippen molar-refractivity contribution in [2.24, 2.45) is 0 Å². The van der Waals surface area contributed by atoms with Crippen molar-refractivity contribution in [2.75, 3.05) is 6.61 Å². The van der Waals surface area contributed by atoms with Crippen molar-refractivity contribution in [3.05, 3.63) is 35.9 Å². The maximum atomic E-state index is 11.3. The van der Waals surface area contributed by atoms with Gasteiger partial charge in [-0.25, -0.2) is 4.79 Å². The lowest BCUT2D eigenvalue weighted by molar-refractivity contribution is -0.155. The second kappa shape index (κ2) is 4.47. The molecule has 0 aliphatic carbocycles. The van der Waals surface area contributed by atoms with Gasteiger partial charge in [0.15, 0.2) is 6.10 Å². The fourth-order valence-corrected chi connectivity index (χ4v) is 2.05. The minimum Gasteiger partial charge on any atom is -0.458 e. The number of ether oxygens (including phenoxy) is 3. The van der Waals surface area contributed by atoms with Crippen molar-refractivity contribution < 1.29 is 19.0 Å². The lowest BCUT2D eigenvalue weighted by Crippen LogP contribution is -2.33. The number of cyclic esters (lactones) is 1. The summed E-state index contributed by atoms with van der Waals surface area (Å²) in [5.41, 5.74) is 1.12. The lowest BCUT2D eigenvalue weighted by atomic mass is 10.1. The normalized spacial score (nSPS) is 30.6. The van der Waals surface area contributed by atoms with Crippen LogP contribution in [-0.4, -0.2) is 30.9 Å². The molecule has 0 bridgehead atoms. The van der Waals surface area contributed by atoms with Gasteiger partial charge in [0.2, 0.25) is 0 Å². The van der Waals surface area contributed by atoms with Crippen molar-refractivity contribution in [3.8, 4) is 0 Å². The summed E-state index contributed by atoms with van der Waals surface area (Å²) in [6.45, 7) is 0.983. The fraction of sp³-hybridized carbons (Fsp3) is 0.462. The highest BCUT2D eigenvalue weighted by molar-refractivity contribution is 5.79. The molecule has 0 N–H and O–H groups in total. The number of epoxide rings is 1. The summed E-state index contributed by atoms with van der Waals surface area (Å²) in [6.07, 6.45) is 0.377. The van der Waals surface area contributed by atoms with Crippen LogP contribution < -0.4 is 0 Å². The molecule has 2 saturated heterocycles. The summed E-state index contributed by atoms with van der Waals surface area (Å²) in [5.74, 6) is -0.241. The van der Waals surface area contributed by atoms with E-state index in [1.54, 1.807) is 0 Å². The molecule has 2 fully saturated rings. The Morgan fingerprint density at radius 1 is 1.29 bits per heavy atom. The van der Waals surface area contributed by atoms with Crippen molar-refractivity contribution >= 4 is 5.97 Å². The van der Waals surface area contributed by atoms with Gasteiger partial charge in [-0.3, -0.25) is 0 Å². The molecule has 90 valence electrons. The van der Waals surface area contributed by atoms with Crippen molar-refractivity contribution in [2.45, 2.75) is 31.3 Å². The number of fused-ring (bicyclic) bond motifs is 1. The van der Waals surface area contributed by atoms with E-state index < -0.39 is 0 Å². The van der Waals surface area contributed by atoms with Gasteiger partial charge in [-0.05, 0) is 5.56 Å². The predicted molar refractivity (Wildman–Crippen MR) is 59.3 cm³/mol. The van der Waals surface area contributed by atoms with Gasteiger partial charge in [0.25, 0.3) is 0 Å². The van der Waals surface area contributed by atoms with E-state index in [1.165, 1.54) is 0 Å². The topological polar surface area (TPSA) is 48.1 Å². The van der Waals surface area contributed by atoms with E-state index in [1.807, 2.05) is 30.3 Å². The van der Waals surface area contributed by atoms with E-state index in [2.05, 4.69) is 0 Å². The Bertz CT molecular complexity index is 403. The average molecular weight is 234 g/mol. The second-order valence-electron chi connectivity index (χ2n) is 4.39. The van der Waals surface area contributed by atoms with Crippen molar-refractivity contribution in [1.82, 2.24) is 0 Å². The zero-order valence-corrected chi connectivity index (χ0v) is 9.37. The third-order valence-electron chi connectivity index (χ3n) is 3.01. The van der Waals surface area contributed by atoms with Crippen LogP contribution in [0.5, 0.6) is 0 Å². The molecule has 17 heavy (non-hydrogen) atoms. The highest BCUT2D eigenvalue weighted by Gasteiger charge is 2.52. The van der Waals surface area contributed by atoms with Crippen LogP contribution in [0.3, 0.4) is 0 Å². The predicted octanol–water partition coefficient (Wildman–Crippen LogP) is 1.29. The summed E-state index contributed by atoms with van der Waals surface area (Å²) < 4.78 is 15.9. The quantitative estimate of drug-likeness (QED) is 0.581. The van der Waals surface area contributed by atoms with E-state index in [4.69, 9.17) is 14.2 Å². The van der Waals surface area contributed by atoms with Gasteiger partial charge in [0.1, 0.15) is 6.10 Å². The molecule has 2 aliphatic rings. The fourth-order valence-electron chi connectivity index (χ4n) is 2.05. The molecule has 2 aliphatic heterocycles. The van der Waals surface area contributed by atoms with Crippen molar-refractivity contribution in [3.63, 3.8) is 0 Å². The summed E-state index contributed by atoms with van der Waals surface area (Å²) >= 11 is 0. The summed E-state index contributed by atoms with van der Waals surface area (Å²) in [5, 5.41) is 0. The molecule has 4 heteroatoms. The van der Waals surface area contributed by atoms with E-state index >= 15 is 0 Å². The van der Waals surface area contributed by atoms with Crippen LogP contribution in [-0.2, 0) is 25.6 Å². The Labute approximate surface area is 99.5 Å². The molecule has 4 nitrogen and oxygen atoms in total. The molecule has 1 aromatic rings. The van der Waals surface area contributed by atoms with Gasteiger partial charge in [-0.1, -0.05) is 30.3 Å². The van der Waals surface area contributed by atoms with E-state index in [-0.39, 0.29) is 24.3 Å². The first-order valence-electron chi connectivity index (χ1n) is 5.80. The number of esters is 1. The van der Waals surface area contributed by atoms with Crippen molar-refractivity contribution in [1.29, 1.82) is 0 Å². The first-order chi connectivity index (χ1) is 8.33. The number of rotatable bonds is 4. The molecule has 3 rings (SSSR count). The summed E-state index contributed by atoms with van der Waals surface area (Å²) in [7, 11) is 0. The summed E-state index contributed by atoms with van der Waals surface area (Å²) in [6, 6.07) is 9.93. The Morgan fingerprint density at radius 2 is 2.12 bits per heavy atom. The molecule has 0 saturated carbocycles. The summed E-state index contributed by atoms with van der Waals surface area (Å²) in [4.78, 5) is 11.3. The molecule has 0 amide bonds. The van der Waals surface area contributed by atoms with E-state index in [0.29, 0.717) is 13.2 Å². The zero-order valence-electron chi connectivity index (χ0n) is 9.37. The average Bonchev–Trinajstić information content (AvgIpc) is 3.10. The third-order valence-corrected chi connectivity index (χ3v) is 3.01. The Kier molecular flexibility index (Phi) is 2.82. The standard InChI is InChI=1S/C13H14O4/c14-13-12-11(17-12)6-10(16-13)8-15-7-9-4-2-1-3-5-9/h1-5,10-12H,6-8H2/t10-,11+,12+/m1/s1. The highest BCUT2D eigenvalue weighted by Crippen LogP contribution is 2.33. The zero-order chi connectivity index (χ0) is 11.7. The number of carbonyl (C=O) groups excluding carboxylic acids is 1. The van der Waals surface area contributed by atoms with E-state index in [0.717, 1.165) is 12.0 Å². The van der Waals surface area contributed by atoms with Gasteiger partial charge in [-0.2, -0.15) is 0 Å². The first kappa shape index (κ1) is 10.7. The SMILES string of the molecule is O=C1O[C@@H](COCc2ccccc2)C[C@@H]2O[C@H]12. The highest BCUT2D eigenvalue weighted by atomic mass is 16.7. The molecule has 3 atom stereocenters. The number of benzene rings is 1. The van der Waals surface area contributed by atoms with Crippen LogP contribution in [0.15, 0.2) is 30.3 Å². The Morgan fingerprint density at radius 3 is 2.88 bits per heavy atom. The van der Waals surface area contributed by atoms with Crippen LogP contribution in [0.25, 0.3) is 0 Å². The number of hydrogen-bond donors (Lipinski definition) is 0. The van der Waals surface area contributed by atoms with Gasteiger partial charge in [-0.15, -0.1) is 0 Å². The monoisotopic (exact) mass is 234 g/mol. The molecular formula is C13H14O4. The van der Waals surface area contributed by atoms with Crippen LogP contribution in [0, 0.1) is 0 Å². The maximum Gasteiger partial charge on any atom is 0.338 e. The van der Waals surface area contributed by atoms with Gasteiger partial charge >= 0.3 is 5.97 Å². The third kappa shape index (κ3) is 2.48. The first-order valence-corrected chi connectivity index (χ1v) is 5.80. The number of hydrogen-bond acceptors (Lipinski definition) is 4. The molecule has 0 radical (unpaired) electrons. The van der Waals surface area contributed by atoms with Gasteiger partial charge < -0.3 is 14.2 Å². The molecule has 0 spiro atoms. The van der Waals surface area contributed by atoms with Crippen LogP contribution in [0.4, 0.5) is 0 Å². The minimum atomic E-state index is -0.291. The Hall–Kier alpha value is -1.39. The van der Waals surface area contributed by atoms with Gasteiger partial charge in [0.05, 0.1) is 19.3 Å². The van der Waals surface area contributed by atoms with Crippen LogP contribution in [0.2, 0.25) is 0 Å². The second-order valence-corrected chi connectivity index (χ2v) is 4.39. The maximum absolute atomic E-state index is 11.3. The molecular weight excluding hydrogens is 220 g/mol. The Balaban J connectivity index is 1.44. The molecule has 1 aromatic carbocycles. The van der Waals surface area contributed by atoms with Gasteiger partial charge in [0, 0.05) is 6.42 Å². The lowest BCUT2D eigenvalue weighted by Gasteiger charge is -2.19. The smallest absolute Gasteiger partial charge is 0.338 e. The van der Waals surface area contributed by atoms with Crippen LogP contribution in [0.1, 0.15) is 12.0 Å². The molecule has 2 heterocycles. The molecule has 0 aromatic heterocycles. The van der Waals surface area contributed by atoms with E-state index in [9.17, 15) is 4.79 Å². The minimum absolute atomic E-state index is 0.0709.